The fraction of sp³-hybridized carbons (Fsp3) is 0.538. The minimum atomic E-state index is -0.127. The molecule has 1 aliphatic carbocycles. The Labute approximate surface area is 102 Å². The zero-order valence-corrected chi connectivity index (χ0v) is 10.1. The number of hydrogen-bond acceptors (Lipinski definition) is 2. The molecule has 0 amide bonds. The van der Waals surface area contributed by atoms with Crippen LogP contribution in [0.5, 0.6) is 0 Å². The lowest BCUT2D eigenvalue weighted by molar-refractivity contribution is 0.111. The van der Waals surface area contributed by atoms with E-state index in [0.717, 1.165) is 42.8 Å². The smallest absolute Gasteiger partial charge is 0.0555 e. The molecule has 2 N–H and O–H groups in total. The molecule has 88 valence electrons. The van der Waals surface area contributed by atoms with E-state index >= 15 is 0 Å². The van der Waals surface area contributed by atoms with Crippen molar-refractivity contribution in [3.8, 4) is 0 Å². The third-order valence-corrected chi connectivity index (χ3v) is 3.55. The molecule has 0 unspecified atom stereocenters. The first-order chi connectivity index (χ1) is 7.75. The van der Waals surface area contributed by atoms with Gasteiger partial charge in [0, 0.05) is 17.6 Å². The quantitative estimate of drug-likeness (QED) is 0.850. The Kier molecular flexibility index (Phi) is 4.22. The van der Waals surface area contributed by atoms with Crippen molar-refractivity contribution in [1.29, 1.82) is 0 Å². The zero-order chi connectivity index (χ0) is 11.4. The Morgan fingerprint density at radius 1 is 1.31 bits per heavy atom. The van der Waals surface area contributed by atoms with Crippen molar-refractivity contribution in [2.24, 2.45) is 0 Å². The normalized spacial score (nSPS) is 25.6. The molecule has 0 aromatic heterocycles. The van der Waals surface area contributed by atoms with Crippen LogP contribution in [0.3, 0.4) is 0 Å². The molecule has 16 heavy (non-hydrogen) atoms. The number of aliphatic hydroxyl groups is 1. The van der Waals surface area contributed by atoms with Gasteiger partial charge in [-0.1, -0.05) is 29.8 Å². The molecule has 3 heteroatoms. The van der Waals surface area contributed by atoms with Gasteiger partial charge in [-0.3, -0.25) is 0 Å². The van der Waals surface area contributed by atoms with Crippen LogP contribution in [0.25, 0.3) is 0 Å². The number of hydrogen-bond donors (Lipinski definition) is 2. The second-order valence-electron chi connectivity index (χ2n) is 4.49. The first-order valence-corrected chi connectivity index (χ1v) is 6.28. The molecule has 1 aliphatic rings. The average Bonchev–Trinajstić information content (AvgIpc) is 2.28. The Morgan fingerprint density at radius 3 is 2.88 bits per heavy atom. The van der Waals surface area contributed by atoms with Gasteiger partial charge in [-0.25, -0.2) is 0 Å². The second kappa shape index (κ2) is 5.67. The van der Waals surface area contributed by atoms with Crippen LogP contribution in [0.15, 0.2) is 24.3 Å². The third-order valence-electron chi connectivity index (χ3n) is 3.19. The van der Waals surface area contributed by atoms with Crippen LogP contribution in [-0.2, 0) is 6.54 Å². The van der Waals surface area contributed by atoms with Crippen molar-refractivity contribution in [3.63, 3.8) is 0 Å². The van der Waals surface area contributed by atoms with Crippen LogP contribution in [0, 0.1) is 0 Å². The third kappa shape index (κ3) is 3.21. The number of halogens is 1. The highest BCUT2D eigenvalue weighted by Gasteiger charge is 2.19. The van der Waals surface area contributed by atoms with Crippen molar-refractivity contribution in [1.82, 2.24) is 5.32 Å². The topological polar surface area (TPSA) is 32.3 Å². The molecule has 0 radical (unpaired) electrons. The van der Waals surface area contributed by atoms with Gasteiger partial charge in [0.25, 0.3) is 0 Å². The van der Waals surface area contributed by atoms with E-state index in [-0.39, 0.29) is 6.10 Å². The van der Waals surface area contributed by atoms with E-state index in [1.807, 2.05) is 24.3 Å². The highest BCUT2D eigenvalue weighted by molar-refractivity contribution is 6.31. The first-order valence-electron chi connectivity index (χ1n) is 5.90. The van der Waals surface area contributed by atoms with Crippen molar-refractivity contribution in [2.75, 3.05) is 0 Å². The lowest BCUT2D eigenvalue weighted by Gasteiger charge is -2.26. The summed E-state index contributed by atoms with van der Waals surface area (Å²) in [5.74, 6) is 0. The van der Waals surface area contributed by atoms with Crippen LogP contribution >= 0.6 is 11.6 Å². The van der Waals surface area contributed by atoms with Crippen molar-refractivity contribution >= 4 is 11.6 Å². The summed E-state index contributed by atoms with van der Waals surface area (Å²) in [6.07, 6.45) is 3.95. The number of rotatable bonds is 3. The molecule has 1 saturated carbocycles. The summed E-state index contributed by atoms with van der Waals surface area (Å²) in [5.41, 5.74) is 1.13. The zero-order valence-electron chi connectivity index (χ0n) is 9.32. The van der Waals surface area contributed by atoms with Gasteiger partial charge < -0.3 is 10.4 Å². The summed E-state index contributed by atoms with van der Waals surface area (Å²) >= 11 is 6.08. The van der Waals surface area contributed by atoms with E-state index in [0.29, 0.717) is 6.04 Å². The van der Waals surface area contributed by atoms with E-state index in [9.17, 15) is 5.11 Å². The maximum absolute atomic E-state index is 9.57. The van der Waals surface area contributed by atoms with Crippen LogP contribution in [0.1, 0.15) is 31.2 Å². The summed E-state index contributed by atoms with van der Waals surface area (Å²) in [6, 6.07) is 8.32. The van der Waals surface area contributed by atoms with Gasteiger partial charge in [0.2, 0.25) is 0 Å². The predicted octanol–water partition coefficient (Wildman–Crippen LogP) is 2.73. The minimum absolute atomic E-state index is 0.127. The molecule has 0 aliphatic heterocycles. The number of aliphatic hydroxyl groups excluding tert-OH is 1. The molecule has 1 fully saturated rings. The Hall–Kier alpha value is -0.570. The van der Waals surface area contributed by atoms with E-state index in [2.05, 4.69) is 5.32 Å². The maximum Gasteiger partial charge on any atom is 0.0555 e. The van der Waals surface area contributed by atoms with E-state index < -0.39 is 0 Å². The molecule has 0 heterocycles. The largest absolute Gasteiger partial charge is 0.393 e. The lowest BCUT2D eigenvalue weighted by atomic mass is 9.93. The average molecular weight is 240 g/mol. The number of benzene rings is 1. The summed E-state index contributed by atoms with van der Waals surface area (Å²) in [4.78, 5) is 0. The predicted molar refractivity (Wildman–Crippen MR) is 66.6 cm³/mol. The molecule has 1 aromatic carbocycles. The van der Waals surface area contributed by atoms with Crippen LogP contribution < -0.4 is 5.32 Å². The summed E-state index contributed by atoms with van der Waals surface area (Å²) in [5, 5.41) is 13.8. The first kappa shape index (κ1) is 11.9. The molecule has 1 aromatic rings. The van der Waals surface area contributed by atoms with Crippen molar-refractivity contribution in [3.05, 3.63) is 34.9 Å². The van der Waals surface area contributed by atoms with Crippen molar-refractivity contribution < 1.29 is 5.11 Å². The van der Waals surface area contributed by atoms with Gasteiger partial charge in [0.05, 0.1) is 6.10 Å². The molecular weight excluding hydrogens is 222 g/mol. The van der Waals surface area contributed by atoms with Crippen molar-refractivity contribution in [2.45, 2.75) is 44.4 Å². The van der Waals surface area contributed by atoms with E-state index in [4.69, 9.17) is 11.6 Å². The molecule has 0 saturated heterocycles. The molecule has 0 bridgehead atoms. The fourth-order valence-corrected chi connectivity index (χ4v) is 2.45. The van der Waals surface area contributed by atoms with Crippen LogP contribution in [0.2, 0.25) is 5.02 Å². The van der Waals surface area contributed by atoms with Gasteiger partial charge in [0.15, 0.2) is 0 Å². The summed E-state index contributed by atoms with van der Waals surface area (Å²) < 4.78 is 0. The molecule has 2 nitrogen and oxygen atoms in total. The lowest BCUT2D eigenvalue weighted by Crippen LogP contribution is -2.35. The summed E-state index contributed by atoms with van der Waals surface area (Å²) in [6.45, 7) is 0.789. The highest BCUT2D eigenvalue weighted by Crippen LogP contribution is 2.20. The standard InChI is InChI=1S/C13H18ClNO/c14-13-7-2-1-4-10(13)9-15-11-5-3-6-12(16)8-11/h1-2,4,7,11-12,15-16H,3,5-6,8-9H2/t11-,12+/m0/s1. The SMILES string of the molecule is O[C@@H]1CCC[C@H](NCc2ccccc2Cl)C1. The second-order valence-corrected chi connectivity index (χ2v) is 4.90. The van der Waals surface area contributed by atoms with E-state index in [1.165, 1.54) is 0 Å². The molecular formula is C13H18ClNO. The van der Waals surface area contributed by atoms with Gasteiger partial charge >= 0.3 is 0 Å². The Morgan fingerprint density at radius 2 is 2.12 bits per heavy atom. The van der Waals surface area contributed by atoms with Gasteiger partial charge in [-0.05, 0) is 37.3 Å². The van der Waals surface area contributed by atoms with Crippen LogP contribution in [0.4, 0.5) is 0 Å². The highest BCUT2D eigenvalue weighted by atomic mass is 35.5. The Bertz CT molecular complexity index is 342. The maximum atomic E-state index is 9.57. The fourth-order valence-electron chi connectivity index (χ4n) is 2.25. The summed E-state index contributed by atoms with van der Waals surface area (Å²) in [7, 11) is 0. The van der Waals surface area contributed by atoms with Gasteiger partial charge in [-0.2, -0.15) is 0 Å². The van der Waals surface area contributed by atoms with E-state index in [1.54, 1.807) is 0 Å². The molecule has 2 atom stereocenters. The van der Waals surface area contributed by atoms with Gasteiger partial charge in [-0.15, -0.1) is 0 Å². The minimum Gasteiger partial charge on any atom is -0.393 e. The number of nitrogens with one attached hydrogen (secondary N) is 1. The Balaban J connectivity index is 1.85. The monoisotopic (exact) mass is 239 g/mol. The van der Waals surface area contributed by atoms with Gasteiger partial charge in [0.1, 0.15) is 0 Å². The molecule has 2 rings (SSSR count). The molecule has 0 spiro atoms. The van der Waals surface area contributed by atoms with Crippen LogP contribution in [-0.4, -0.2) is 17.3 Å².